The van der Waals surface area contributed by atoms with Crippen molar-refractivity contribution < 1.29 is 14.4 Å². The zero-order valence-electron chi connectivity index (χ0n) is 17.5. The van der Waals surface area contributed by atoms with E-state index >= 15 is 0 Å². The molecule has 156 valence electrons. The summed E-state index contributed by atoms with van der Waals surface area (Å²) in [6.07, 6.45) is 5.02. The number of ketones is 1. The van der Waals surface area contributed by atoms with Gasteiger partial charge in [0, 0.05) is 19.4 Å². The van der Waals surface area contributed by atoms with Gasteiger partial charge in [-0.05, 0) is 38.9 Å². The molecular weight excluding hydrogens is 354 g/mol. The van der Waals surface area contributed by atoms with E-state index in [1.165, 1.54) is 0 Å². The molecule has 0 bridgehead atoms. The van der Waals surface area contributed by atoms with Crippen LogP contribution in [0.25, 0.3) is 0 Å². The number of nitrogens with zero attached hydrogens (tertiary/aromatic N) is 1. The van der Waals surface area contributed by atoms with Crippen LogP contribution in [0.15, 0.2) is 30.3 Å². The Morgan fingerprint density at radius 2 is 1.75 bits per heavy atom. The number of unbranched alkanes of at least 4 members (excludes halogenated alkanes) is 2. The summed E-state index contributed by atoms with van der Waals surface area (Å²) in [6.45, 7) is 2.66. The monoisotopic (exact) mass is 389 g/mol. The van der Waals surface area contributed by atoms with Gasteiger partial charge in [-0.15, -0.1) is 0 Å². The Hall–Kier alpha value is -2.21. The summed E-state index contributed by atoms with van der Waals surface area (Å²) in [7, 11) is 3.64. The fraction of sp³-hybridized carbons (Fsp3) is 0.591. The van der Waals surface area contributed by atoms with Crippen LogP contribution in [0, 0.1) is 0 Å². The Bertz CT molecular complexity index is 602. The van der Waals surface area contributed by atoms with Gasteiger partial charge in [-0.3, -0.25) is 14.4 Å². The van der Waals surface area contributed by atoms with Gasteiger partial charge < -0.3 is 15.5 Å². The van der Waals surface area contributed by atoms with Gasteiger partial charge in [0.05, 0.1) is 6.54 Å². The average molecular weight is 390 g/mol. The van der Waals surface area contributed by atoms with Gasteiger partial charge >= 0.3 is 0 Å². The van der Waals surface area contributed by atoms with Gasteiger partial charge in [0.1, 0.15) is 11.8 Å². The standard InChI is InChI=1S/C22H35N3O3/c1-4-19(26)13-9-6-10-14-20(24-21(27)17-25(2)3)22(28)23-16-15-18-11-7-5-8-12-18/h5,7-8,11-12,20H,4,6,9-10,13-17H2,1-3H3,(H,23,28)(H,24,27)/t20-/m0/s1. The zero-order valence-corrected chi connectivity index (χ0v) is 17.5. The molecule has 1 rings (SSSR count). The van der Waals surface area contributed by atoms with Crippen LogP contribution in [0.1, 0.15) is 51.0 Å². The average Bonchev–Trinajstić information content (AvgIpc) is 2.66. The molecule has 2 N–H and O–H groups in total. The van der Waals surface area contributed by atoms with Crippen molar-refractivity contribution in [2.75, 3.05) is 27.2 Å². The highest BCUT2D eigenvalue weighted by Gasteiger charge is 2.20. The number of rotatable bonds is 14. The number of nitrogens with one attached hydrogen (secondary N) is 2. The molecule has 0 heterocycles. The molecule has 0 unspecified atom stereocenters. The Labute approximate surface area is 169 Å². The molecule has 0 spiro atoms. The number of hydrogen-bond donors (Lipinski definition) is 2. The number of carbonyl (C=O) groups excluding carboxylic acids is 3. The van der Waals surface area contributed by atoms with E-state index in [1.54, 1.807) is 4.90 Å². The second-order valence-corrected chi connectivity index (χ2v) is 7.38. The Kier molecular flexibility index (Phi) is 11.8. The largest absolute Gasteiger partial charge is 0.354 e. The van der Waals surface area contributed by atoms with E-state index in [4.69, 9.17) is 0 Å². The minimum Gasteiger partial charge on any atom is -0.354 e. The Morgan fingerprint density at radius 3 is 2.39 bits per heavy atom. The summed E-state index contributed by atoms with van der Waals surface area (Å²) >= 11 is 0. The molecule has 0 saturated heterocycles. The van der Waals surface area contributed by atoms with Crippen LogP contribution in [0.4, 0.5) is 0 Å². The third-order valence-electron chi connectivity index (χ3n) is 4.51. The number of hydrogen-bond acceptors (Lipinski definition) is 4. The molecule has 0 fully saturated rings. The molecule has 6 heteroatoms. The normalized spacial score (nSPS) is 11.9. The zero-order chi connectivity index (χ0) is 20.8. The van der Waals surface area contributed by atoms with E-state index in [9.17, 15) is 14.4 Å². The Balaban J connectivity index is 2.46. The van der Waals surface area contributed by atoms with Crippen molar-refractivity contribution in [3.8, 4) is 0 Å². The van der Waals surface area contributed by atoms with E-state index in [0.29, 0.717) is 25.8 Å². The summed E-state index contributed by atoms with van der Waals surface area (Å²) < 4.78 is 0. The van der Waals surface area contributed by atoms with E-state index in [2.05, 4.69) is 10.6 Å². The van der Waals surface area contributed by atoms with Crippen molar-refractivity contribution in [2.24, 2.45) is 0 Å². The third-order valence-corrected chi connectivity index (χ3v) is 4.51. The molecule has 0 saturated carbocycles. The first kappa shape index (κ1) is 23.8. The second kappa shape index (κ2) is 13.9. The topological polar surface area (TPSA) is 78.5 Å². The summed E-state index contributed by atoms with van der Waals surface area (Å²) in [5.74, 6) is -0.0310. The molecule has 0 aliphatic heterocycles. The Morgan fingerprint density at radius 1 is 1.04 bits per heavy atom. The lowest BCUT2D eigenvalue weighted by molar-refractivity contribution is -0.129. The molecule has 0 aliphatic rings. The van der Waals surface area contributed by atoms with Gasteiger partial charge in [0.25, 0.3) is 0 Å². The highest BCUT2D eigenvalue weighted by Crippen LogP contribution is 2.08. The number of Topliss-reactive ketones (excluding diaryl/α,β-unsaturated/α-hetero) is 1. The van der Waals surface area contributed by atoms with E-state index in [1.807, 2.05) is 51.4 Å². The fourth-order valence-electron chi connectivity index (χ4n) is 2.92. The van der Waals surface area contributed by atoms with Crippen LogP contribution in [0.5, 0.6) is 0 Å². The molecule has 0 aromatic heterocycles. The van der Waals surface area contributed by atoms with Crippen LogP contribution in [0.3, 0.4) is 0 Å². The SMILES string of the molecule is CCC(=O)CCCCC[C@H](NC(=O)CN(C)C)C(=O)NCCc1ccccc1. The first-order valence-electron chi connectivity index (χ1n) is 10.2. The van der Waals surface area contributed by atoms with Crippen molar-refractivity contribution in [3.63, 3.8) is 0 Å². The molecule has 28 heavy (non-hydrogen) atoms. The summed E-state index contributed by atoms with van der Waals surface area (Å²) in [5.41, 5.74) is 1.16. The number of carbonyl (C=O) groups is 3. The predicted molar refractivity (Wildman–Crippen MR) is 112 cm³/mol. The van der Waals surface area contributed by atoms with Crippen LogP contribution in [-0.2, 0) is 20.8 Å². The van der Waals surface area contributed by atoms with E-state index in [0.717, 1.165) is 31.2 Å². The van der Waals surface area contributed by atoms with Crippen molar-refractivity contribution >= 4 is 17.6 Å². The minimum atomic E-state index is -0.537. The van der Waals surface area contributed by atoms with Gasteiger partial charge in [-0.1, -0.05) is 50.1 Å². The lowest BCUT2D eigenvalue weighted by Gasteiger charge is -2.20. The summed E-state index contributed by atoms with van der Waals surface area (Å²) in [6, 6.07) is 9.44. The summed E-state index contributed by atoms with van der Waals surface area (Å²) in [5, 5.41) is 5.78. The molecule has 0 aliphatic carbocycles. The molecule has 2 amide bonds. The molecule has 1 atom stereocenters. The van der Waals surface area contributed by atoms with Crippen molar-refractivity contribution in [2.45, 2.75) is 57.9 Å². The van der Waals surface area contributed by atoms with Crippen LogP contribution in [-0.4, -0.2) is 55.7 Å². The maximum atomic E-state index is 12.6. The van der Waals surface area contributed by atoms with Crippen LogP contribution >= 0.6 is 0 Å². The predicted octanol–water partition coefficient (Wildman–Crippen LogP) is 2.32. The number of likely N-dealkylation sites (N-methyl/N-ethyl adjacent to an activating group) is 1. The van der Waals surface area contributed by atoms with Crippen molar-refractivity contribution in [1.82, 2.24) is 15.5 Å². The molecule has 1 aromatic rings. The maximum absolute atomic E-state index is 12.6. The van der Waals surface area contributed by atoms with Crippen molar-refractivity contribution in [3.05, 3.63) is 35.9 Å². The van der Waals surface area contributed by atoms with Gasteiger partial charge in [-0.25, -0.2) is 0 Å². The third kappa shape index (κ3) is 10.8. The molecule has 0 radical (unpaired) electrons. The minimum absolute atomic E-state index is 0.146. The molecule has 1 aromatic carbocycles. The van der Waals surface area contributed by atoms with Gasteiger partial charge in [-0.2, -0.15) is 0 Å². The van der Waals surface area contributed by atoms with Gasteiger partial charge in [0.15, 0.2) is 0 Å². The van der Waals surface area contributed by atoms with Gasteiger partial charge in [0.2, 0.25) is 11.8 Å². The lowest BCUT2D eigenvalue weighted by Crippen LogP contribution is -2.49. The highest BCUT2D eigenvalue weighted by molar-refractivity contribution is 5.88. The van der Waals surface area contributed by atoms with Crippen LogP contribution < -0.4 is 10.6 Å². The quantitative estimate of drug-likeness (QED) is 0.479. The summed E-state index contributed by atoms with van der Waals surface area (Å²) in [4.78, 5) is 37.8. The van der Waals surface area contributed by atoms with E-state index < -0.39 is 6.04 Å². The fourth-order valence-corrected chi connectivity index (χ4v) is 2.92. The first-order valence-corrected chi connectivity index (χ1v) is 10.2. The lowest BCUT2D eigenvalue weighted by atomic mass is 10.0. The smallest absolute Gasteiger partial charge is 0.242 e. The molecular formula is C22H35N3O3. The number of benzene rings is 1. The number of amides is 2. The molecule has 6 nitrogen and oxygen atoms in total. The van der Waals surface area contributed by atoms with Crippen LogP contribution in [0.2, 0.25) is 0 Å². The van der Waals surface area contributed by atoms with Crippen molar-refractivity contribution in [1.29, 1.82) is 0 Å². The highest BCUT2D eigenvalue weighted by atomic mass is 16.2. The second-order valence-electron chi connectivity index (χ2n) is 7.38. The maximum Gasteiger partial charge on any atom is 0.242 e. The van der Waals surface area contributed by atoms with E-state index in [-0.39, 0.29) is 24.1 Å². The first-order chi connectivity index (χ1) is 13.4.